The van der Waals surface area contributed by atoms with Gasteiger partial charge in [0.1, 0.15) is 0 Å². The van der Waals surface area contributed by atoms with Crippen LogP contribution in [-0.4, -0.2) is 30.4 Å². The maximum atomic E-state index is 12.4. The van der Waals surface area contributed by atoms with Crippen LogP contribution in [0.3, 0.4) is 0 Å². The largest absolute Gasteiger partial charge is 0.341 e. The number of nitrogens with zero attached hydrogens (tertiary/aromatic N) is 1. The van der Waals surface area contributed by atoms with Gasteiger partial charge in [-0.05, 0) is 18.0 Å². The molecule has 20 heavy (non-hydrogen) atoms. The van der Waals surface area contributed by atoms with Crippen LogP contribution in [0.15, 0.2) is 30.3 Å². The summed E-state index contributed by atoms with van der Waals surface area (Å²) in [5, 5.41) is 0. The minimum Gasteiger partial charge on any atom is -0.341 e. The molecule has 1 aromatic rings. The fourth-order valence-electron chi connectivity index (χ4n) is 2.83. The molecule has 3 nitrogen and oxygen atoms in total. The number of carbonyl (C=O) groups excluding carboxylic acids is 1. The zero-order chi connectivity index (χ0) is 14.0. The second-order valence-electron chi connectivity index (χ2n) is 6.47. The summed E-state index contributed by atoms with van der Waals surface area (Å²) in [4.78, 5) is 14.4. The highest BCUT2D eigenvalue weighted by Crippen LogP contribution is 2.34. The summed E-state index contributed by atoms with van der Waals surface area (Å²) in [5.74, 6) is 0.968. The van der Waals surface area contributed by atoms with Crippen LogP contribution in [0.5, 0.6) is 0 Å². The van der Waals surface area contributed by atoms with Crippen LogP contribution in [0.1, 0.15) is 32.3 Å². The van der Waals surface area contributed by atoms with E-state index in [9.17, 15) is 4.79 Å². The highest BCUT2D eigenvalue weighted by molar-refractivity contribution is 5.85. The van der Waals surface area contributed by atoms with Crippen molar-refractivity contribution in [3.63, 3.8) is 0 Å². The Hall–Kier alpha value is -1.06. The third kappa shape index (κ3) is 3.53. The van der Waals surface area contributed by atoms with E-state index in [-0.39, 0.29) is 23.7 Å². The maximum Gasteiger partial charge on any atom is 0.227 e. The van der Waals surface area contributed by atoms with Crippen LogP contribution in [0.4, 0.5) is 0 Å². The Bertz CT molecular complexity index is 442. The maximum absolute atomic E-state index is 12.4. The second kappa shape index (κ2) is 6.59. The average Bonchev–Trinajstić information content (AvgIpc) is 2.81. The lowest BCUT2D eigenvalue weighted by atomic mass is 9.89. The fourth-order valence-corrected chi connectivity index (χ4v) is 2.83. The van der Waals surface area contributed by atoms with Gasteiger partial charge in [-0.15, -0.1) is 12.4 Å². The fraction of sp³-hybridized carbons (Fsp3) is 0.562. The second-order valence-corrected chi connectivity index (χ2v) is 6.47. The molecule has 0 bridgehead atoms. The Kier molecular flexibility index (Phi) is 5.60. The van der Waals surface area contributed by atoms with E-state index < -0.39 is 0 Å². The molecule has 0 saturated carbocycles. The first-order valence-electron chi connectivity index (χ1n) is 6.98. The van der Waals surface area contributed by atoms with Crippen molar-refractivity contribution in [2.75, 3.05) is 19.6 Å². The normalized spacial score (nSPS) is 22.5. The van der Waals surface area contributed by atoms with Gasteiger partial charge in [0.25, 0.3) is 0 Å². The van der Waals surface area contributed by atoms with E-state index in [2.05, 4.69) is 24.3 Å². The van der Waals surface area contributed by atoms with E-state index in [1.54, 1.807) is 0 Å². The summed E-state index contributed by atoms with van der Waals surface area (Å²) in [5.41, 5.74) is 6.87. The Balaban J connectivity index is 0.00000200. The Morgan fingerprint density at radius 1 is 1.25 bits per heavy atom. The first kappa shape index (κ1) is 17.0. The molecule has 1 heterocycles. The van der Waals surface area contributed by atoms with Crippen LogP contribution in [-0.2, 0) is 4.79 Å². The van der Waals surface area contributed by atoms with Crippen LogP contribution in [0.2, 0.25) is 0 Å². The van der Waals surface area contributed by atoms with Gasteiger partial charge in [-0.1, -0.05) is 51.1 Å². The molecule has 1 saturated heterocycles. The van der Waals surface area contributed by atoms with Gasteiger partial charge in [0.15, 0.2) is 0 Å². The van der Waals surface area contributed by atoms with Crippen molar-refractivity contribution < 1.29 is 4.79 Å². The molecule has 1 amide bonds. The molecular formula is C16H25ClN2O. The third-order valence-corrected chi connectivity index (χ3v) is 3.90. The van der Waals surface area contributed by atoms with Crippen LogP contribution < -0.4 is 5.73 Å². The molecule has 1 aromatic carbocycles. The minimum atomic E-state index is -0.315. The van der Waals surface area contributed by atoms with E-state index in [1.165, 1.54) is 5.56 Å². The molecule has 1 fully saturated rings. The van der Waals surface area contributed by atoms with Gasteiger partial charge in [-0.2, -0.15) is 0 Å². The number of carbonyl (C=O) groups is 1. The molecule has 2 N–H and O–H groups in total. The molecule has 2 atom stereocenters. The van der Waals surface area contributed by atoms with Gasteiger partial charge in [-0.25, -0.2) is 0 Å². The Morgan fingerprint density at radius 3 is 2.35 bits per heavy atom. The van der Waals surface area contributed by atoms with Crippen LogP contribution >= 0.6 is 12.4 Å². The first-order valence-corrected chi connectivity index (χ1v) is 6.98. The van der Waals surface area contributed by atoms with E-state index in [0.717, 1.165) is 13.1 Å². The summed E-state index contributed by atoms with van der Waals surface area (Å²) in [6.07, 6.45) is 0. The number of rotatable bonds is 2. The number of benzene rings is 1. The van der Waals surface area contributed by atoms with Gasteiger partial charge in [0, 0.05) is 24.4 Å². The summed E-state index contributed by atoms with van der Waals surface area (Å²) in [6, 6.07) is 10.4. The Labute approximate surface area is 127 Å². The van der Waals surface area contributed by atoms with Gasteiger partial charge in [-0.3, -0.25) is 4.79 Å². The zero-order valence-corrected chi connectivity index (χ0v) is 13.3. The van der Waals surface area contributed by atoms with E-state index in [0.29, 0.717) is 18.4 Å². The van der Waals surface area contributed by atoms with Crippen molar-refractivity contribution in [2.24, 2.45) is 17.1 Å². The number of halogens is 1. The molecule has 0 radical (unpaired) electrons. The monoisotopic (exact) mass is 296 g/mol. The smallest absolute Gasteiger partial charge is 0.227 e. The molecule has 0 aliphatic carbocycles. The average molecular weight is 297 g/mol. The quantitative estimate of drug-likeness (QED) is 0.912. The van der Waals surface area contributed by atoms with Crippen LogP contribution in [0.25, 0.3) is 0 Å². The molecule has 0 unspecified atom stereocenters. The van der Waals surface area contributed by atoms with Gasteiger partial charge < -0.3 is 10.6 Å². The van der Waals surface area contributed by atoms with Crippen LogP contribution in [0, 0.1) is 11.3 Å². The number of likely N-dealkylation sites (tertiary alicyclic amines) is 1. The predicted octanol–water partition coefficient (Wildman–Crippen LogP) is 2.66. The minimum absolute atomic E-state index is 0. The number of hydrogen-bond donors (Lipinski definition) is 1. The third-order valence-electron chi connectivity index (χ3n) is 3.90. The number of nitrogens with two attached hydrogens (primary N) is 1. The highest BCUT2D eigenvalue weighted by atomic mass is 35.5. The summed E-state index contributed by atoms with van der Waals surface area (Å²) in [6.45, 7) is 8.13. The SMILES string of the molecule is CC(C)(C)C(=O)N1C[C@@H](CN)[C@H](c2ccccc2)C1.Cl. The highest BCUT2D eigenvalue weighted by Gasteiger charge is 2.38. The first-order chi connectivity index (χ1) is 8.93. The lowest BCUT2D eigenvalue weighted by molar-refractivity contribution is -0.138. The molecule has 2 rings (SSSR count). The predicted molar refractivity (Wildman–Crippen MR) is 85.0 cm³/mol. The molecule has 0 aromatic heterocycles. The van der Waals surface area contributed by atoms with Crippen molar-refractivity contribution in [2.45, 2.75) is 26.7 Å². The van der Waals surface area contributed by atoms with Gasteiger partial charge >= 0.3 is 0 Å². The number of hydrogen-bond acceptors (Lipinski definition) is 2. The van der Waals surface area contributed by atoms with Crippen molar-refractivity contribution in [1.82, 2.24) is 4.90 Å². The van der Waals surface area contributed by atoms with E-state index in [4.69, 9.17) is 5.73 Å². The lowest BCUT2D eigenvalue weighted by Gasteiger charge is -2.25. The van der Waals surface area contributed by atoms with Crippen molar-refractivity contribution in [3.05, 3.63) is 35.9 Å². The molecule has 4 heteroatoms. The zero-order valence-electron chi connectivity index (χ0n) is 12.5. The Morgan fingerprint density at radius 2 is 1.85 bits per heavy atom. The molecule has 112 valence electrons. The lowest BCUT2D eigenvalue weighted by Crippen LogP contribution is -2.38. The van der Waals surface area contributed by atoms with Crippen molar-refractivity contribution in [3.8, 4) is 0 Å². The standard InChI is InChI=1S/C16H24N2O.ClH/c1-16(2,3)15(19)18-10-13(9-17)14(11-18)12-7-5-4-6-8-12;/h4-8,13-14H,9-11,17H2,1-3H3;1H/t13-,14+;/m1./s1. The van der Waals surface area contributed by atoms with Crippen molar-refractivity contribution in [1.29, 1.82) is 0 Å². The summed E-state index contributed by atoms with van der Waals surface area (Å²) >= 11 is 0. The topological polar surface area (TPSA) is 46.3 Å². The number of amides is 1. The molecular weight excluding hydrogens is 272 g/mol. The van der Waals surface area contributed by atoms with Gasteiger partial charge in [0.2, 0.25) is 5.91 Å². The van der Waals surface area contributed by atoms with Gasteiger partial charge in [0.05, 0.1) is 0 Å². The van der Waals surface area contributed by atoms with E-state index in [1.807, 2.05) is 31.7 Å². The van der Waals surface area contributed by atoms with Crippen molar-refractivity contribution >= 4 is 18.3 Å². The summed E-state index contributed by atoms with van der Waals surface area (Å²) < 4.78 is 0. The summed E-state index contributed by atoms with van der Waals surface area (Å²) in [7, 11) is 0. The molecule has 1 aliphatic rings. The molecule has 0 spiro atoms. The van der Waals surface area contributed by atoms with E-state index >= 15 is 0 Å². The molecule has 1 aliphatic heterocycles.